The van der Waals surface area contributed by atoms with Crippen LogP contribution in [0.25, 0.3) is 0 Å². The lowest BCUT2D eigenvalue weighted by Crippen LogP contribution is -2.23. The summed E-state index contributed by atoms with van der Waals surface area (Å²) in [6, 6.07) is 10.1. The van der Waals surface area contributed by atoms with E-state index in [2.05, 4.69) is 5.32 Å². The van der Waals surface area contributed by atoms with Crippen LogP contribution in [0.1, 0.15) is 12.8 Å². The number of rotatable bonds is 5. The second-order valence-corrected chi connectivity index (χ2v) is 6.62. The van der Waals surface area contributed by atoms with Crippen molar-refractivity contribution in [3.63, 3.8) is 0 Å². The zero-order valence-electron chi connectivity index (χ0n) is 13.3. The summed E-state index contributed by atoms with van der Waals surface area (Å²) in [5, 5.41) is 2.70. The van der Waals surface area contributed by atoms with Crippen LogP contribution in [0.2, 0.25) is 0 Å². The monoisotopic (exact) mass is 362 g/mol. The summed E-state index contributed by atoms with van der Waals surface area (Å²) in [4.78, 5) is 25.5. The van der Waals surface area contributed by atoms with Gasteiger partial charge in [-0.1, -0.05) is 0 Å². The van der Waals surface area contributed by atoms with E-state index in [4.69, 9.17) is 0 Å². The maximum absolute atomic E-state index is 13.5. The van der Waals surface area contributed by atoms with E-state index in [0.29, 0.717) is 18.7 Å². The Bertz CT molecular complexity index is 796. The normalized spacial score (nSPS) is 14.0. The van der Waals surface area contributed by atoms with Gasteiger partial charge in [0.05, 0.1) is 5.75 Å². The zero-order valence-corrected chi connectivity index (χ0v) is 14.1. The van der Waals surface area contributed by atoms with Crippen LogP contribution in [-0.4, -0.2) is 24.1 Å². The SMILES string of the molecule is O=C(CSc1cc(F)ccc1F)Nc1ccc(N2CCCC2=O)cc1. The van der Waals surface area contributed by atoms with Crippen LogP contribution in [0.15, 0.2) is 47.4 Å². The molecule has 0 spiro atoms. The van der Waals surface area contributed by atoms with Crippen LogP contribution in [-0.2, 0) is 9.59 Å². The summed E-state index contributed by atoms with van der Waals surface area (Å²) in [6.07, 6.45) is 1.41. The molecule has 1 heterocycles. The van der Waals surface area contributed by atoms with Crippen LogP contribution in [0.5, 0.6) is 0 Å². The van der Waals surface area contributed by atoms with Crippen molar-refractivity contribution in [1.82, 2.24) is 0 Å². The molecule has 1 aliphatic heterocycles. The summed E-state index contributed by atoms with van der Waals surface area (Å²) in [5.74, 6) is -1.36. The number of benzene rings is 2. The van der Waals surface area contributed by atoms with Crippen molar-refractivity contribution in [2.24, 2.45) is 0 Å². The van der Waals surface area contributed by atoms with Gasteiger partial charge in [0.1, 0.15) is 11.6 Å². The van der Waals surface area contributed by atoms with Crippen LogP contribution >= 0.6 is 11.8 Å². The molecule has 4 nitrogen and oxygen atoms in total. The highest BCUT2D eigenvalue weighted by atomic mass is 32.2. The number of anilines is 2. The van der Waals surface area contributed by atoms with Gasteiger partial charge in [0.25, 0.3) is 0 Å². The average molecular weight is 362 g/mol. The van der Waals surface area contributed by atoms with Crippen LogP contribution in [0.4, 0.5) is 20.2 Å². The van der Waals surface area contributed by atoms with Gasteiger partial charge in [-0.2, -0.15) is 0 Å². The molecule has 0 aliphatic carbocycles. The smallest absolute Gasteiger partial charge is 0.234 e. The Balaban J connectivity index is 1.56. The molecule has 2 aromatic carbocycles. The summed E-state index contributed by atoms with van der Waals surface area (Å²) < 4.78 is 26.6. The Morgan fingerprint density at radius 3 is 2.60 bits per heavy atom. The van der Waals surface area contributed by atoms with Crippen molar-refractivity contribution in [2.45, 2.75) is 17.7 Å². The van der Waals surface area contributed by atoms with Gasteiger partial charge in [-0.05, 0) is 48.9 Å². The van der Waals surface area contributed by atoms with E-state index in [0.717, 1.165) is 42.1 Å². The molecule has 1 aliphatic rings. The van der Waals surface area contributed by atoms with Crippen LogP contribution in [0, 0.1) is 11.6 Å². The molecule has 0 atom stereocenters. The van der Waals surface area contributed by atoms with Gasteiger partial charge >= 0.3 is 0 Å². The lowest BCUT2D eigenvalue weighted by atomic mass is 10.2. The molecule has 0 saturated carbocycles. The van der Waals surface area contributed by atoms with Crippen LogP contribution in [0.3, 0.4) is 0 Å². The Kier molecular flexibility index (Phi) is 5.33. The molecule has 1 N–H and O–H groups in total. The molecule has 0 radical (unpaired) electrons. The molecule has 2 amide bonds. The molecule has 1 fully saturated rings. The lowest BCUT2D eigenvalue weighted by Gasteiger charge is -2.16. The second kappa shape index (κ2) is 7.65. The van der Waals surface area contributed by atoms with Crippen molar-refractivity contribution in [1.29, 1.82) is 0 Å². The molecule has 0 unspecified atom stereocenters. The maximum atomic E-state index is 13.5. The first-order valence-corrected chi connectivity index (χ1v) is 8.79. The fourth-order valence-electron chi connectivity index (χ4n) is 2.57. The standard InChI is InChI=1S/C18H16F2N2O2S/c19-12-3-8-15(20)16(10-12)25-11-17(23)21-13-4-6-14(7-5-13)22-9-1-2-18(22)24/h3-8,10H,1-2,9,11H2,(H,21,23). The minimum atomic E-state index is -0.557. The fourth-order valence-corrected chi connectivity index (χ4v) is 3.33. The number of amides is 2. The third-order valence-corrected chi connectivity index (χ3v) is 4.82. The molecule has 7 heteroatoms. The number of hydrogen-bond donors (Lipinski definition) is 1. The van der Waals surface area contributed by atoms with Gasteiger partial charge in [0, 0.05) is 29.2 Å². The molecular weight excluding hydrogens is 346 g/mol. The van der Waals surface area contributed by atoms with E-state index in [1.807, 2.05) is 0 Å². The number of nitrogens with zero attached hydrogens (tertiary/aromatic N) is 1. The van der Waals surface area contributed by atoms with Gasteiger partial charge in [-0.25, -0.2) is 8.78 Å². The number of carbonyl (C=O) groups excluding carboxylic acids is 2. The number of nitrogens with one attached hydrogen (secondary N) is 1. The van der Waals surface area contributed by atoms with Gasteiger partial charge in [0.2, 0.25) is 11.8 Å². The largest absolute Gasteiger partial charge is 0.325 e. The van der Waals surface area contributed by atoms with Gasteiger partial charge in [-0.15, -0.1) is 11.8 Å². The van der Waals surface area contributed by atoms with Crippen molar-refractivity contribution >= 4 is 35.0 Å². The topological polar surface area (TPSA) is 49.4 Å². The Hall–Kier alpha value is -2.41. The Morgan fingerprint density at radius 1 is 1.16 bits per heavy atom. The second-order valence-electron chi connectivity index (χ2n) is 5.61. The summed E-state index contributed by atoms with van der Waals surface area (Å²) >= 11 is 0.932. The van der Waals surface area contributed by atoms with Gasteiger partial charge in [0.15, 0.2) is 0 Å². The predicted octanol–water partition coefficient (Wildman–Crippen LogP) is 3.82. The molecule has 25 heavy (non-hydrogen) atoms. The van der Waals surface area contributed by atoms with E-state index >= 15 is 0 Å². The molecule has 1 saturated heterocycles. The third kappa shape index (κ3) is 4.36. The fraction of sp³-hybridized carbons (Fsp3) is 0.222. The highest BCUT2D eigenvalue weighted by Crippen LogP contribution is 2.24. The third-order valence-electron chi connectivity index (χ3n) is 3.79. The van der Waals surface area contributed by atoms with E-state index < -0.39 is 11.6 Å². The number of hydrogen-bond acceptors (Lipinski definition) is 3. The first-order chi connectivity index (χ1) is 12.0. The van der Waals surface area contributed by atoms with Crippen LogP contribution < -0.4 is 10.2 Å². The number of halogens is 2. The first kappa shape index (κ1) is 17.4. The minimum Gasteiger partial charge on any atom is -0.325 e. The zero-order chi connectivity index (χ0) is 17.8. The number of thioether (sulfide) groups is 1. The Labute approximate surface area is 148 Å². The molecular formula is C18H16F2N2O2S. The van der Waals surface area contributed by atoms with Crippen molar-refractivity contribution in [3.05, 3.63) is 54.1 Å². The molecule has 0 bridgehead atoms. The lowest BCUT2D eigenvalue weighted by molar-refractivity contribution is -0.117. The summed E-state index contributed by atoms with van der Waals surface area (Å²) in [6.45, 7) is 0.709. The Morgan fingerprint density at radius 2 is 1.92 bits per heavy atom. The van der Waals surface area contributed by atoms with Crippen molar-refractivity contribution < 1.29 is 18.4 Å². The number of carbonyl (C=O) groups is 2. The molecule has 2 aromatic rings. The van der Waals surface area contributed by atoms with E-state index in [1.165, 1.54) is 0 Å². The highest BCUT2D eigenvalue weighted by molar-refractivity contribution is 8.00. The quantitative estimate of drug-likeness (QED) is 0.823. The van der Waals surface area contributed by atoms with Gasteiger partial charge in [-0.3, -0.25) is 9.59 Å². The summed E-state index contributed by atoms with van der Waals surface area (Å²) in [5.41, 5.74) is 1.39. The van der Waals surface area contributed by atoms with Crippen molar-refractivity contribution in [2.75, 3.05) is 22.5 Å². The van der Waals surface area contributed by atoms with E-state index in [-0.39, 0.29) is 22.5 Å². The molecule has 3 rings (SSSR count). The highest BCUT2D eigenvalue weighted by Gasteiger charge is 2.21. The first-order valence-electron chi connectivity index (χ1n) is 7.81. The van der Waals surface area contributed by atoms with E-state index in [1.54, 1.807) is 29.2 Å². The molecule has 130 valence electrons. The summed E-state index contributed by atoms with van der Waals surface area (Å²) in [7, 11) is 0. The predicted molar refractivity (Wildman–Crippen MR) is 93.7 cm³/mol. The average Bonchev–Trinajstić information content (AvgIpc) is 3.02. The van der Waals surface area contributed by atoms with Crippen molar-refractivity contribution in [3.8, 4) is 0 Å². The van der Waals surface area contributed by atoms with Gasteiger partial charge < -0.3 is 10.2 Å². The maximum Gasteiger partial charge on any atom is 0.234 e. The van der Waals surface area contributed by atoms with E-state index in [9.17, 15) is 18.4 Å². The minimum absolute atomic E-state index is 0.0350. The molecule has 0 aromatic heterocycles.